The van der Waals surface area contributed by atoms with Crippen LogP contribution >= 0.6 is 0 Å². The molecule has 4 rings (SSSR count). The summed E-state index contributed by atoms with van der Waals surface area (Å²) in [4.78, 5) is 25.1. The molecule has 3 aromatic heterocycles. The van der Waals surface area contributed by atoms with Crippen molar-refractivity contribution in [3.63, 3.8) is 0 Å². The van der Waals surface area contributed by atoms with Gasteiger partial charge in [0, 0.05) is 18.9 Å². The van der Waals surface area contributed by atoms with Crippen LogP contribution < -0.4 is 10.1 Å². The molecule has 1 aliphatic rings. The highest BCUT2D eigenvalue weighted by atomic mass is 16.5. The van der Waals surface area contributed by atoms with E-state index in [1.165, 1.54) is 0 Å². The van der Waals surface area contributed by atoms with Crippen LogP contribution in [0, 0.1) is 12.8 Å². The Morgan fingerprint density at radius 1 is 1.29 bits per heavy atom. The van der Waals surface area contributed by atoms with Crippen molar-refractivity contribution < 1.29 is 14.6 Å². The lowest BCUT2D eigenvalue weighted by molar-refractivity contribution is -0.143. The zero-order chi connectivity index (χ0) is 24.9. The number of aliphatic carboxylic acids is 1. The lowest BCUT2D eigenvalue weighted by atomic mass is 9.87. The van der Waals surface area contributed by atoms with Gasteiger partial charge >= 0.3 is 5.97 Å². The predicted molar refractivity (Wildman–Crippen MR) is 131 cm³/mol. The Balaban J connectivity index is 1.47. The molecule has 0 spiro atoms. The van der Waals surface area contributed by atoms with Crippen molar-refractivity contribution in [2.24, 2.45) is 13.0 Å². The summed E-state index contributed by atoms with van der Waals surface area (Å²) in [6.45, 7) is 6.62. The molecular formula is C25H33N7O3. The van der Waals surface area contributed by atoms with Gasteiger partial charge in [-0.2, -0.15) is 0 Å². The topological polar surface area (TPSA) is 128 Å². The molecule has 1 aliphatic carbocycles. The van der Waals surface area contributed by atoms with Gasteiger partial charge in [-0.05, 0) is 63.1 Å². The SMILES string of the molecule is CCC(C)c1ccnc(NCc2c(-c3ccc(O[C@H]4CCC[C@H](C(=O)O)C4)c(C)n3)nnn2C)n1. The summed E-state index contributed by atoms with van der Waals surface area (Å²) in [7, 11) is 1.84. The van der Waals surface area contributed by atoms with E-state index < -0.39 is 5.97 Å². The highest BCUT2D eigenvalue weighted by molar-refractivity contribution is 5.70. The first-order valence-corrected chi connectivity index (χ1v) is 12.2. The summed E-state index contributed by atoms with van der Waals surface area (Å²) in [6.07, 6.45) is 5.61. The second-order valence-corrected chi connectivity index (χ2v) is 9.20. The minimum absolute atomic E-state index is 0.112. The third-order valence-corrected chi connectivity index (χ3v) is 6.70. The van der Waals surface area contributed by atoms with E-state index in [-0.39, 0.29) is 12.0 Å². The third kappa shape index (κ3) is 5.75. The standard InChI is InChI=1S/C25H33N7O3/c1-5-15(2)19-11-12-26-25(29-19)27-14-21-23(30-31-32(21)4)20-9-10-22(16(3)28-20)35-18-8-6-7-17(13-18)24(33)34/h9-12,15,17-18H,5-8,13-14H2,1-4H3,(H,33,34)(H,26,27,29)/t15?,17-,18-/m0/s1. The van der Waals surface area contributed by atoms with Gasteiger partial charge in [0.1, 0.15) is 11.4 Å². The molecule has 35 heavy (non-hydrogen) atoms. The number of ether oxygens (including phenoxy) is 1. The Hall–Kier alpha value is -3.56. The molecule has 0 saturated heterocycles. The Kier molecular flexibility index (Phi) is 7.57. The van der Waals surface area contributed by atoms with Gasteiger partial charge in [-0.15, -0.1) is 5.10 Å². The average molecular weight is 480 g/mol. The van der Waals surface area contributed by atoms with Gasteiger partial charge in [0.15, 0.2) is 0 Å². The number of carboxylic acids is 1. The van der Waals surface area contributed by atoms with Crippen LogP contribution in [0.2, 0.25) is 0 Å². The monoisotopic (exact) mass is 479 g/mol. The number of carbonyl (C=O) groups is 1. The van der Waals surface area contributed by atoms with Crippen LogP contribution in [0.3, 0.4) is 0 Å². The van der Waals surface area contributed by atoms with E-state index in [1.54, 1.807) is 10.9 Å². The highest BCUT2D eigenvalue weighted by Crippen LogP contribution is 2.30. The van der Waals surface area contributed by atoms with Crippen molar-refractivity contribution in [1.82, 2.24) is 29.9 Å². The van der Waals surface area contributed by atoms with Crippen LogP contribution in [0.1, 0.15) is 69.0 Å². The molecular weight excluding hydrogens is 446 g/mol. The fourth-order valence-electron chi connectivity index (χ4n) is 4.34. The minimum atomic E-state index is -0.746. The predicted octanol–water partition coefficient (Wildman–Crippen LogP) is 4.12. The third-order valence-electron chi connectivity index (χ3n) is 6.70. The molecule has 3 aromatic rings. The van der Waals surface area contributed by atoms with E-state index in [4.69, 9.17) is 9.72 Å². The van der Waals surface area contributed by atoms with E-state index in [0.29, 0.717) is 48.4 Å². The van der Waals surface area contributed by atoms with E-state index in [9.17, 15) is 9.90 Å². The van der Waals surface area contributed by atoms with Gasteiger partial charge < -0.3 is 15.2 Å². The maximum absolute atomic E-state index is 11.4. The normalized spacial score (nSPS) is 18.7. The van der Waals surface area contributed by atoms with Crippen LogP contribution in [0.5, 0.6) is 5.75 Å². The molecule has 3 heterocycles. The van der Waals surface area contributed by atoms with Gasteiger partial charge in [-0.1, -0.05) is 19.1 Å². The number of rotatable bonds is 9. The number of nitrogens with one attached hydrogen (secondary N) is 1. The van der Waals surface area contributed by atoms with Crippen molar-refractivity contribution in [2.45, 2.75) is 71.4 Å². The summed E-state index contributed by atoms with van der Waals surface area (Å²) in [5, 5.41) is 21.2. The molecule has 0 radical (unpaired) electrons. The molecule has 1 unspecified atom stereocenters. The molecule has 3 atom stereocenters. The summed E-state index contributed by atoms with van der Waals surface area (Å²) >= 11 is 0. The molecule has 0 bridgehead atoms. The molecule has 1 fully saturated rings. The lowest BCUT2D eigenvalue weighted by Gasteiger charge is -2.27. The number of aromatic nitrogens is 6. The van der Waals surface area contributed by atoms with Crippen LogP contribution in [0.25, 0.3) is 11.4 Å². The first-order valence-electron chi connectivity index (χ1n) is 12.2. The van der Waals surface area contributed by atoms with Crippen molar-refractivity contribution >= 4 is 11.9 Å². The second-order valence-electron chi connectivity index (χ2n) is 9.20. The summed E-state index contributed by atoms with van der Waals surface area (Å²) in [5.74, 6) is 0.512. The number of hydrogen-bond donors (Lipinski definition) is 2. The Morgan fingerprint density at radius 3 is 2.86 bits per heavy atom. The van der Waals surface area contributed by atoms with Crippen molar-refractivity contribution in [1.29, 1.82) is 0 Å². The van der Waals surface area contributed by atoms with E-state index in [0.717, 1.165) is 36.3 Å². The van der Waals surface area contributed by atoms with E-state index in [1.807, 2.05) is 32.2 Å². The molecule has 1 saturated carbocycles. The lowest BCUT2D eigenvalue weighted by Crippen LogP contribution is -2.29. The Labute approximate surface area is 205 Å². The maximum Gasteiger partial charge on any atom is 0.306 e. The largest absolute Gasteiger partial charge is 0.489 e. The number of hydrogen-bond acceptors (Lipinski definition) is 8. The molecule has 2 N–H and O–H groups in total. The molecule has 0 amide bonds. The van der Waals surface area contributed by atoms with E-state index in [2.05, 4.69) is 39.4 Å². The summed E-state index contributed by atoms with van der Waals surface area (Å²) in [5.41, 5.74) is 3.97. The van der Waals surface area contributed by atoms with E-state index >= 15 is 0 Å². The first-order chi connectivity index (χ1) is 16.9. The Bertz CT molecular complexity index is 1180. The van der Waals surface area contributed by atoms with Crippen molar-refractivity contribution in [2.75, 3.05) is 5.32 Å². The quantitative estimate of drug-likeness (QED) is 0.465. The number of aryl methyl sites for hydroxylation is 2. The maximum atomic E-state index is 11.4. The Morgan fingerprint density at radius 2 is 2.11 bits per heavy atom. The fraction of sp³-hybridized carbons (Fsp3) is 0.520. The number of nitrogens with zero attached hydrogens (tertiary/aromatic N) is 6. The zero-order valence-electron chi connectivity index (χ0n) is 20.7. The van der Waals surface area contributed by atoms with Crippen LogP contribution in [0.15, 0.2) is 24.4 Å². The smallest absolute Gasteiger partial charge is 0.306 e. The zero-order valence-corrected chi connectivity index (χ0v) is 20.7. The average Bonchev–Trinajstić information content (AvgIpc) is 3.24. The van der Waals surface area contributed by atoms with Gasteiger partial charge in [-0.3, -0.25) is 4.79 Å². The van der Waals surface area contributed by atoms with Gasteiger partial charge in [-0.25, -0.2) is 19.6 Å². The van der Waals surface area contributed by atoms with Gasteiger partial charge in [0.2, 0.25) is 5.95 Å². The van der Waals surface area contributed by atoms with Crippen LogP contribution in [-0.2, 0) is 18.4 Å². The molecule has 0 aliphatic heterocycles. The minimum Gasteiger partial charge on any atom is -0.489 e. The van der Waals surface area contributed by atoms with Gasteiger partial charge in [0.25, 0.3) is 0 Å². The number of pyridine rings is 1. The highest BCUT2D eigenvalue weighted by Gasteiger charge is 2.28. The second kappa shape index (κ2) is 10.8. The molecule has 10 heteroatoms. The first kappa shape index (κ1) is 24.6. The van der Waals surface area contributed by atoms with Crippen LogP contribution in [-0.4, -0.2) is 47.1 Å². The summed E-state index contributed by atoms with van der Waals surface area (Å²) < 4.78 is 7.86. The number of anilines is 1. The number of carboxylic acid groups (broad SMARTS) is 1. The molecule has 10 nitrogen and oxygen atoms in total. The fourth-order valence-corrected chi connectivity index (χ4v) is 4.34. The molecule has 186 valence electrons. The van der Waals surface area contributed by atoms with Crippen molar-refractivity contribution in [3.8, 4) is 17.1 Å². The van der Waals surface area contributed by atoms with Crippen LogP contribution in [0.4, 0.5) is 5.95 Å². The summed E-state index contributed by atoms with van der Waals surface area (Å²) in [6, 6.07) is 5.70. The van der Waals surface area contributed by atoms with Crippen molar-refractivity contribution in [3.05, 3.63) is 41.5 Å². The van der Waals surface area contributed by atoms with Gasteiger partial charge in [0.05, 0.1) is 35.6 Å². The molecule has 0 aromatic carbocycles.